The minimum absolute atomic E-state index is 0.158. The maximum atomic E-state index is 12.8. The molecule has 0 spiro atoms. The molecule has 0 aromatic heterocycles. The number of amides is 2. The van der Waals surface area contributed by atoms with Crippen LogP contribution < -0.4 is 4.90 Å². The van der Waals surface area contributed by atoms with E-state index in [0.717, 1.165) is 89.9 Å². The average Bonchev–Trinajstić information content (AvgIpc) is 3.34. The van der Waals surface area contributed by atoms with Gasteiger partial charge in [0, 0.05) is 82.7 Å². The van der Waals surface area contributed by atoms with Crippen molar-refractivity contribution < 1.29 is 9.59 Å². The molecule has 0 bridgehead atoms. The molecule has 0 atom stereocenters. The highest BCUT2D eigenvalue weighted by atomic mass is 16.2. The highest BCUT2D eigenvalue weighted by Crippen LogP contribution is 2.25. The molecular weight excluding hydrogens is 402 g/mol. The van der Waals surface area contributed by atoms with Crippen LogP contribution in [0.3, 0.4) is 0 Å². The number of hydrogen-bond donors (Lipinski definition) is 0. The van der Waals surface area contributed by atoms with Crippen LogP contribution in [0.15, 0.2) is 24.3 Å². The third kappa shape index (κ3) is 4.79. The Morgan fingerprint density at radius 1 is 0.719 bits per heavy atom. The van der Waals surface area contributed by atoms with Crippen LogP contribution in [0.4, 0.5) is 5.69 Å². The molecule has 1 saturated carbocycles. The second kappa shape index (κ2) is 9.79. The minimum Gasteiger partial charge on any atom is -0.369 e. The summed E-state index contributed by atoms with van der Waals surface area (Å²) in [5.74, 6) is 0.447. The summed E-state index contributed by atoms with van der Waals surface area (Å²) in [5, 5.41) is 0. The number of carbonyl (C=O) groups excluding carboxylic acids is 2. The maximum Gasteiger partial charge on any atom is 0.253 e. The lowest BCUT2D eigenvalue weighted by molar-refractivity contribution is -0.134. The standard InChI is InChI=1S/C25H37N5O2/c31-24(29-18-16-28(17-19-29)22-4-3-5-22)20-26-12-14-27(15-13-26)23-8-6-21(7-9-23)25(32)30-10-1-2-11-30/h6-9,22H,1-5,10-20H2. The van der Waals surface area contributed by atoms with E-state index < -0.39 is 0 Å². The van der Waals surface area contributed by atoms with Crippen LogP contribution in [-0.4, -0.2) is 109 Å². The maximum absolute atomic E-state index is 12.8. The smallest absolute Gasteiger partial charge is 0.253 e. The second-order valence-electron chi connectivity index (χ2n) is 9.81. The number of piperazine rings is 2. The Morgan fingerprint density at radius 3 is 1.97 bits per heavy atom. The molecule has 3 heterocycles. The Hall–Kier alpha value is -2.12. The van der Waals surface area contributed by atoms with Gasteiger partial charge in [0.1, 0.15) is 0 Å². The zero-order chi connectivity index (χ0) is 21.9. The molecule has 1 aromatic rings. The first-order valence-electron chi connectivity index (χ1n) is 12.6. The normalized spacial score (nSPS) is 23.4. The van der Waals surface area contributed by atoms with E-state index in [1.807, 2.05) is 17.0 Å². The van der Waals surface area contributed by atoms with Crippen molar-refractivity contribution in [1.82, 2.24) is 19.6 Å². The summed E-state index contributed by atoms with van der Waals surface area (Å²) in [7, 11) is 0. The van der Waals surface area contributed by atoms with Crippen molar-refractivity contribution in [2.75, 3.05) is 76.9 Å². The summed E-state index contributed by atoms with van der Waals surface area (Å²) in [6.45, 7) is 9.82. The zero-order valence-corrected chi connectivity index (χ0v) is 19.3. The predicted octanol–water partition coefficient (Wildman–Crippen LogP) is 1.74. The number of nitrogens with zero attached hydrogens (tertiary/aromatic N) is 5. The minimum atomic E-state index is 0.158. The predicted molar refractivity (Wildman–Crippen MR) is 126 cm³/mol. The average molecular weight is 440 g/mol. The zero-order valence-electron chi connectivity index (χ0n) is 19.3. The van der Waals surface area contributed by atoms with Crippen LogP contribution in [0.1, 0.15) is 42.5 Å². The Bertz CT molecular complexity index is 787. The van der Waals surface area contributed by atoms with Crippen LogP contribution in [0, 0.1) is 0 Å². The van der Waals surface area contributed by atoms with Gasteiger partial charge in [-0.25, -0.2) is 0 Å². The highest BCUT2D eigenvalue weighted by molar-refractivity contribution is 5.94. The van der Waals surface area contributed by atoms with Gasteiger partial charge < -0.3 is 14.7 Å². The largest absolute Gasteiger partial charge is 0.369 e. The lowest BCUT2D eigenvalue weighted by atomic mass is 9.91. The van der Waals surface area contributed by atoms with E-state index in [0.29, 0.717) is 6.54 Å². The number of benzene rings is 1. The number of likely N-dealkylation sites (tertiary alicyclic amines) is 1. The van der Waals surface area contributed by atoms with Gasteiger partial charge in [0.05, 0.1) is 6.54 Å². The van der Waals surface area contributed by atoms with E-state index in [9.17, 15) is 9.59 Å². The summed E-state index contributed by atoms with van der Waals surface area (Å²) in [6, 6.07) is 8.87. The van der Waals surface area contributed by atoms with Crippen molar-refractivity contribution in [3.8, 4) is 0 Å². The summed E-state index contributed by atoms with van der Waals surface area (Å²) < 4.78 is 0. The van der Waals surface area contributed by atoms with Crippen molar-refractivity contribution in [2.45, 2.75) is 38.1 Å². The third-order valence-corrected chi connectivity index (χ3v) is 7.86. The van der Waals surface area contributed by atoms with E-state index in [-0.39, 0.29) is 11.8 Å². The monoisotopic (exact) mass is 439 g/mol. The molecule has 174 valence electrons. The summed E-state index contributed by atoms with van der Waals surface area (Å²) in [5.41, 5.74) is 1.96. The van der Waals surface area contributed by atoms with Crippen LogP contribution in [-0.2, 0) is 4.79 Å². The molecule has 1 aromatic carbocycles. The molecule has 2 amide bonds. The van der Waals surface area contributed by atoms with E-state index in [1.54, 1.807) is 0 Å². The van der Waals surface area contributed by atoms with Gasteiger partial charge in [-0.3, -0.25) is 19.4 Å². The first-order chi connectivity index (χ1) is 15.7. The number of carbonyl (C=O) groups is 2. The van der Waals surface area contributed by atoms with Gasteiger partial charge in [0.2, 0.25) is 5.91 Å². The van der Waals surface area contributed by atoms with Crippen LogP contribution in [0.25, 0.3) is 0 Å². The van der Waals surface area contributed by atoms with Gasteiger partial charge in [-0.15, -0.1) is 0 Å². The number of anilines is 1. The van der Waals surface area contributed by atoms with Crippen molar-refractivity contribution >= 4 is 17.5 Å². The van der Waals surface area contributed by atoms with E-state index in [2.05, 4.69) is 31.7 Å². The van der Waals surface area contributed by atoms with Gasteiger partial charge in [-0.1, -0.05) is 6.42 Å². The molecule has 3 saturated heterocycles. The van der Waals surface area contributed by atoms with Gasteiger partial charge in [-0.2, -0.15) is 0 Å². The van der Waals surface area contributed by atoms with E-state index in [1.165, 1.54) is 24.9 Å². The molecule has 0 N–H and O–H groups in total. The molecule has 4 fully saturated rings. The Kier molecular flexibility index (Phi) is 6.64. The Morgan fingerprint density at radius 2 is 1.38 bits per heavy atom. The molecule has 0 unspecified atom stereocenters. The van der Waals surface area contributed by atoms with Crippen LogP contribution in [0.5, 0.6) is 0 Å². The van der Waals surface area contributed by atoms with Crippen LogP contribution >= 0.6 is 0 Å². The topological polar surface area (TPSA) is 50.3 Å². The first kappa shape index (κ1) is 21.7. The fourth-order valence-corrected chi connectivity index (χ4v) is 5.46. The number of rotatable bonds is 5. The fourth-order valence-electron chi connectivity index (χ4n) is 5.46. The van der Waals surface area contributed by atoms with Crippen molar-refractivity contribution in [3.63, 3.8) is 0 Å². The first-order valence-corrected chi connectivity index (χ1v) is 12.6. The molecule has 0 radical (unpaired) electrons. The molecule has 7 nitrogen and oxygen atoms in total. The Labute approximate surface area is 191 Å². The fraction of sp³-hybridized carbons (Fsp3) is 0.680. The molecule has 32 heavy (non-hydrogen) atoms. The highest BCUT2D eigenvalue weighted by Gasteiger charge is 2.30. The number of hydrogen-bond acceptors (Lipinski definition) is 5. The molecule has 5 rings (SSSR count). The quantitative estimate of drug-likeness (QED) is 0.700. The molecule has 7 heteroatoms. The van der Waals surface area contributed by atoms with Crippen molar-refractivity contribution in [2.24, 2.45) is 0 Å². The van der Waals surface area contributed by atoms with Gasteiger partial charge in [0.25, 0.3) is 5.91 Å². The van der Waals surface area contributed by atoms with E-state index in [4.69, 9.17) is 0 Å². The second-order valence-corrected chi connectivity index (χ2v) is 9.81. The molecule has 3 aliphatic heterocycles. The summed E-state index contributed by atoms with van der Waals surface area (Å²) in [4.78, 5) is 36.6. The van der Waals surface area contributed by atoms with Gasteiger partial charge in [0.15, 0.2) is 0 Å². The molecule has 1 aliphatic carbocycles. The molecule has 4 aliphatic rings. The summed E-state index contributed by atoms with van der Waals surface area (Å²) >= 11 is 0. The van der Waals surface area contributed by atoms with Gasteiger partial charge in [-0.05, 0) is 49.9 Å². The van der Waals surface area contributed by atoms with Crippen molar-refractivity contribution in [1.29, 1.82) is 0 Å². The SMILES string of the molecule is O=C(CN1CCN(c2ccc(C(=O)N3CCCC3)cc2)CC1)N1CCN(C2CCC2)CC1. The lowest BCUT2D eigenvalue weighted by Crippen LogP contribution is -2.56. The van der Waals surface area contributed by atoms with E-state index >= 15 is 0 Å². The summed E-state index contributed by atoms with van der Waals surface area (Å²) in [6.07, 6.45) is 6.29. The van der Waals surface area contributed by atoms with Gasteiger partial charge >= 0.3 is 0 Å². The molecular formula is C25H37N5O2. The van der Waals surface area contributed by atoms with Crippen molar-refractivity contribution in [3.05, 3.63) is 29.8 Å². The third-order valence-electron chi connectivity index (χ3n) is 7.86. The lowest BCUT2D eigenvalue weighted by Gasteiger charge is -2.43. The van der Waals surface area contributed by atoms with Crippen LogP contribution in [0.2, 0.25) is 0 Å². The Balaban J connectivity index is 1.06.